The van der Waals surface area contributed by atoms with Gasteiger partial charge in [0.1, 0.15) is 0 Å². The van der Waals surface area contributed by atoms with E-state index in [0.29, 0.717) is 11.1 Å². The topological polar surface area (TPSA) is 124 Å². The summed E-state index contributed by atoms with van der Waals surface area (Å²) in [7, 11) is -4.24. The number of aromatic carboxylic acids is 1. The zero-order chi connectivity index (χ0) is 23.9. The molecule has 3 aromatic carbocycles. The lowest BCUT2D eigenvalue weighted by Gasteiger charge is -2.33. The van der Waals surface area contributed by atoms with Gasteiger partial charge in [-0.3, -0.25) is 4.79 Å². The number of carbonyl (C=O) groups excluding carboxylic acids is 1. The molecule has 168 valence electrons. The molecule has 1 aliphatic rings. The van der Waals surface area contributed by atoms with Gasteiger partial charge in [-0.05, 0) is 61.4 Å². The van der Waals surface area contributed by atoms with Gasteiger partial charge in [-0.1, -0.05) is 30.3 Å². The number of carboxylic acid groups (broad SMARTS) is 1. The van der Waals surface area contributed by atoms with Gasteiger partial charge in [0, 0.05) is 11.3 Å². The normalized spacial score (nSPS) is 14.5. The van der Waals surface area contributed by atoms with Crippen molar-refractivity contribution in [3.05, 3.63) is 94.7 Å². The Kier molecular flexibility index (Phi) is 5.43. The number of aliphatic hydroxyl groups is 1. The van der Waals surface area contributed by atoms with Crippen LogP contribution in [0, 0.1) is 13.8 Å². The van der Waals surface area contributed by atoms with E-state index in [0.717, 1.165) is 4.31 Å². The number of nitrogens with zero attached hydrogens (tertiary/aromatic N) is 1. The lowest BCUT2D eigenvalue weighted by atomic mass is 10.1. The molecule has 0 fully saturated rings. The van der Waals surface area contributed by atoms with Crippen LogP contribution >= 0.6 is 0 Å². The van der Waals surface area contributed by atoms with E-state index in [9.17, 15) is 23.1 Å². The number of benzene rings is 3. The highest BCUT2D eigenvalue weighted by molar-refractivity contribution is 7.93. The van der Waals surface area contributed by atoms with Gasteiger partial charge in [0.25, 0.3) is 15.9 Å². The van der Waals surface area contributed by atoms with Crippen LogP contribution in [-0.4, -0.2) is 30.5 Å². The standard InChI is InChI=1S/C24H20N2O6S/c1-14-6-5-7-15(2)20(14)26-21(22(27)18-8-3-4-9-19(18)33(26,31)32)23(28)25-17-12-10-16(11-13-17)24(29)30/h3-13,27H,1-2H3,(H,25,28)(H,29,30). The number of hydrogen-bond donors (Lipinski definition) is 3. The molecule has 0 aromatic heterocycles. The lowest BCUT2D eigenvalue weighted by molar-refractivity contribution is -0.112. The number of hydrogen-bond acceptors (Lipinski definition) is 5. The summed E-state index contributed by atoms with van der Waals surface area (Å²) in [6, 6.07) is 16.5. The van der Waals surface area contributed by atoms with Crippen LogP contribution < -0.4 is 9.62 Å². The summed E-state index contributed by atoms with van der Waals surface area (Å²) in [4.78, 5) is 24.3. The molecule has 1 heterocycles. The number of carbonyl (C=O) groups is 2. The molecule has 0 saturated heterocycles. The number of amides is 1. The first-order valence-corrected chi connectivity index (χ1v) is 11.4. The van der Waals surface area contributed by atoms with Crippen LogP contribution in [0.5, 0.6) is 0 Å². The largest absolute Gasteiger partial charge is 0.505 e. The molecule has 1 aliphatic heterocycles. The van der Waals surface area contributed by atoms with Crippen molar-refractivity contribution in [3.63, 3.8) is 0 Å². The fourth-order valence-corrected chi connectivity index (χ4v) is 5.60. The second-order valence-corrected chi connectivity index (χ2v) is 9.29. The van der Waals surface area contributed by atoms with E-state index in [1.807, 2.05) is 0 Å². The van der Waals surface area contributed by atoms with Gasteiger partial charge in [0.05, 0.1) is 16.1 Å². The molecule has 0 aliphatic carbocycles. The molecule has 9 heteroatoms. The molecule has 4 rings (SSSR count). The molecular weight excluding hydrogens is 444 g/mol. The number of nitrogens with one attached hydrogen (secondary N) is 1. The molecule has 0 atom stereocenters. The fraction of sp³-hybridized carbons (Fsp3) is 0.0833. The highest BCUT2D eigenvalue weighted by Crippen LogP contribution is 2.41. The number of aryl methyl sites for hydroxylation is 2. The van der Waals surface area contributed by atoms with Crippen molar-refractivity contribution in [2.24, 2.45) is 0 Å². The minimum atomic E-state index is -4.24. The summed E-state index contributed by atoms with van der Waals surface area (Å²) in [5.41, 5.74) is 1.30. The molecule has 0 unspecified atom stereocenters. The maximum atomic E-state index is 13.7. The second-order valence-electron chi connectivity index (χ2n) is 7.54. The van der Waals surface area contributed by atoms with E-state index in [1.54, 1.807) is 44.2 Å². The average Bonchev–Trinajstić information content (AvgIpc) is 2.77. The third kappa shape index (κ3) is 3.72. The number of aliphatic hydroxyl groups excluding tert-OH is 1. The highest BCUT2D eigenvalue weighted by atomic mass is 32.2. The second kappa shape index (κ2) is 8.10. The first-order chi connectivity index (χ1) is 15.6. The van der Waals surface area contributed by atoms with Gasteiger partial charge in [-0.15, -0.1) is 0 Å². The first-order valence-electron chi connectivity index (χ1n) is 9.92. The molecule has 3 aromatic rings. The fourth-order valence-electron chi connectivity index (χ4n) is 3.77. The Morgan fingerprint density at radius 3 is 2.09 bits per heavy atom. The molecule has 8 nitrogen and oxygen atoms in total. The number of anilines is 2. The van der Waals surface area contributed by atoms with Gasteiger partial charge in [0.2, 0.25) is 0 Å². The van der Waals surface area contributed by atoms with E-state index in [2.05, 4.69) is 5.32 Å². The molecule has 1 amide bonds. The van der Waals surface area contributed by atoms with Crippen molar-refractivity contribution in [3.8, 4) is 0 Å². The van der Waals surface area contributed by atoms with Crippen LogP contribution in [0.1, 0.15) is 27.0 Å². The Balaban J connectivity index is 1.90. The quantitative estimate of drug-likeness (QED) is 0.535. The Hall–Kier alpha value is -4.11. The number of rotatable bonds is 4. The first kappa shape index (κ1) is 22.1. The number of sulfonamides is 1. The summed E-state index contributed by atoms with van der Waals surface area (Å²) in [5.74, 6) is -2.47. The third-order valence-corrected chi connectivity index (χ3v) is 7.09. The summed E-state index contributed by atoms with van der Waals surface area (Å²) >= 11 is 0. The van der Waals surface area contributed by atoms with Crippen molar-refractivity contribution < 1.29 is 28.2 Å². The zero-order valence-corrected chi connectivity index (χ0v) is 18.6. The Bertz CT molecular complexity index is 1410. The van der Waals surface area contributed by atoms with Gasteiger partial charge in [-0.25, -0.2) is 17.5 Å². The SMILES string of the molecule is Cc1cccc(C)c1N1C(C(=O)Nc2ccc(C(=O)O)cc2)=C(O)c2ccccc2S1(=O)=O. The lowest BCUT2D eigenvalue weighted by Crippen LogP contribution is -2.40. The van der Waals surface area contributed by atoms with Crippen LogP contribution in [-0.2, 0) is 14.8 Å². The molecular formula is C24H20N2O6S. The van der Waals surface area contributed by atoms with E-state index in [1.165, 1.54) is 36.4 Å². The highest BCUT2D eigenvalue weighted by Gasteiger charge is 2.42. The maximum Gasteiger partial charge on any atom is 0.335 e. The van der Waals surface area contributed by atoms with Gasteiger partial charge in [0.15, 0.2) is 11.5 Å². The molecule has 0 radical (unpaired) electrons. The average molecular weight is 464 g/mol. The van der Waals surface area contributed by atoms with E-state index >= 15 is 0 Å². The monoisotopic (exact) mass is 464 g/mol. The Labute approximate surface area is 190 Å². The smallest absolute Gasteiger partial charge is 0.335 e. The maximum absolute atomic E-state index is 13.7. The van der Waals surface area contributed by atoms with Crippen LogP contribution in [0.15, 0.2) is 77.3 Å². The molecule has 33 heavy (non-hydrogen) atoms. The molecule has 0 spiro atoms. The number of para-hydroxylation sites is 1. The Morgan fingerprint density at radius 2 is 1.48 bits per heavy atom. The van der Waals surface area contributed by atoms with Crippen LogP contribution in [0.25, 0.3) is 5.76 Å². The molecule has 0 bridgehead atoms. The van der Waals surface area contributed by atoms with Gasteiger partial charge < -0.3 is 15.5 Å². The summed E-state index contributed by atoms with van der Waals surface area (Å²) in [6.07, 6.45) is 0. The third-order valence-electron chi connectivity index (χ3n) is 5.34. The van der Waals surface area contributed by atoms with Gasteiger partial charge >= 0.3 is 5.97 Å². The van der Waals surface area contributed by atoms with E-state index in [-0.39, 0.29) is 27.4 Å². The van der Waals surface area contributed by atoms with Crippen molar-refractivity contribution in [1.29, 1.82) is 0 Å². The Morgan fingerprint density at radius 1 is 0.879 bits per heavy atom. The van der Waals surface area contributed by atoms with Gasteiger partial charge in [-0.2, -0.15) is 0 Å². The van der Waals surface area contributed by atoms with Crippen LogP contribution in [0.2, 0.25) is 0 Å². The van der Waals surface area contributed by atoms with Crippen LogP contribution in [0.4, 0.5) is 11.4 Å². The summed E-state index contributed by atoms with van der Waals surface area (Å²) in [5, 5.41) is 22.7. The minimum absolute atomic E-state index is 0.0198. The minimum Gasteiger partial charge on any atom is -0.505 e. The van der Waals surface area contributed by atoms with E-state index < -0.39 is 33.4 Å². The van der Waals surface area contributed by atoms with Crippen molar-refractivity contribution in [1.82, 2.24) is 0 Å². The number of fused-ring (bicyclic) bond motifs is 1. The van der Waals surface area contributed by atoms with Crippen molar-refractivity contribution >= 4 is 39.0 Å². The molecule has 0 saturated carbocycles. The summed E-state index contributed by atoms with van der Waals surface area (Å²) < 4.78 is 28.2. The summed E-state index contributed by atoms with van der Waals surface area (Å²) in [6.45, 7) is 3.44. The predicted octanol–water partition coefficient (Wildman–Crippen LogP) is 4.08. The van der Waals surface area contributed by atoms with Crippen LogP contribution in [0.3, 0.4) is 0 Å². The number of carboxylic acids is 1. The zero-order valence-electron chi connectivity index (χ0n) is 17.7. The van der Waals surface area contributed by atoms with Crippen molar-refractivity contribution in [2.75, 3.05) is 9.62 Å². The van der Waals surface area contributed by atoms with Crippen molar-refractivity contribution in [2.45, 2.75) is 18.7 Å². The molecule has 3 N–H and O–H groups in total. The predicted molar refractivity (Wildman–Crippen MR) is 124 cm³/mol. The van der Waals surface area contributed by atoms with E-state index in [4.69, 9.17) is 5.11 Å².